The van der Waals surface area contributed by atoms with Gasteiger partial charge in [0, 0.05) is 36.8 Å². The number of hydrogen-bond acceptors (Lipinski definition) is 5. The molecule has 0 aromatic heterocycles. The van der Waals surface area contributed by atoms with Gasteiger partial charge in [0.15, 0.2) is 0 Å². The summed E-state index contributed by atoms with van der Waals surface area (Å²) in [5.41, 5.74) is 7.94. The van der Waals surface area contributed by atoms with Crippen LogP contribution in [-0.2, 0) is 16.0 Å². The maximum Gasteiger partial charge on any atom is 0.262 e. The number of rotatable bonds is 6. The third kappa shape index (κ3) is 4.37. The molecule has 0 saturated carbocycles. The van der Waals surface area contributed by atoms with Crippen molar-refractivity contribution in [1.29, 1.82) is 0 Å². The number of nitrogens with two attached hydrogens (primary N) is 1. The lowest BCUT2D eigenvalue weighted by Gasteiger charge is -2.20. The molecule has 2 aromatic rings. The van der Waals surface area contributed by atoms with Crippen molar-refractivity contribution in [1.82, 2.24) is 0 Å². The molecule has 1 heterocycles. The lowest BCUT2D eigenvalue weighted by atomic mass is 9.98. The van der Waals surface area contributed by atoms with Gasteiger partial charge in [0.05, 0.1) is 5.56 Å². The zero-order valence-corrected chi connectivity index (χ0v) is 16.9. The van der Waals surface area contributed by atoms with Gasteiger partial charge in [0.1, 0.15) is 11.5 Å². The maximum atomic E-state index is 13.1. The summed E-state index contributed by atoms with van der Waals surface area (Å²) in [5.74, 6) is -1.53. The van der Waals surface area contributed by atoms with Gasteiger partial charge in [-0.2, -0.15) is 0 Å². The average molecular weight is 411 g/mol. The molecule has 158 valence electrons. The molecule has 2 aromatic carbocycles. The number of amides is 3. The summed E-state index contributed by atoms with van der Waals surface area (Å²) in [6.45, 7) is 4.22. The smallest absolute Gasteiger partial charge is 0.262 e. The Hall–Kier alpha value is -3.55. The van der Waals surface area contributed by atoms with Crippen LogP contribution >= 0.6 is 0 Å². The zero-order chi connectivity index (χ0) is 22.0. The van der Waals surface area contributed by atoms with Crippen molar-refractivity contribution in [2.24, 2.45) is 5.73 Å². The van der Waals surface area contributed by atoms with Crippen LogP contribution in [0.3, 0.4) is 0 Å². The fourth-order valence-electron chi connectivity index (χ4n) is 3.52. The van der Waals surface area contributed by atoms with Crippen molar-refractivity contribution in [3.63, 3.8) is 0 Å². The molecule has 3 amide bonds. The van der Waals surface area contributed by atoms with Gasteiger partial charge in [-0.15, -0.1) is 0 Å². The normalized spacial score (nSPS) is 12.7. The summed E-state index contributed by atoms with van der Waals surface area (Å²) in [6, 6.07) is 7.95. The van der Waals surface area contributed by atoms with E-state index in [2.05, 4.69) is 5.32 Å². The summed E-state index contributed by atoms with van der Waals surface area (Å²) in [7, 11) is 0. The van der Waals surface area contributed by atoms with Crippen LogP contribution in [0.15, 0.2) is 30.3 Å². The van der Waals surface area contributed by atoms with E-state index in [-0.39, 0.29) is 47.6 Å². The van der Waals surface area contributed by atoms with Crippen molar-refractivity contribution < 1.29 is 24.6 Å². The van der Waals surface area contributed by atoms with Crippen LogP contribution in [0.1, 0.15) is 54.1 Å². The SMILES string of the molecule is CC(C)c1cc(C(=O)N2CCc3cc(NC(=O)CCC(N)=O)ccc32)c(O)cc1O. The highest BCUT2D eigenvalue weighted by Crippen LogP contribution is 2.36. The molecule has 0 aliphatic carbocycles. The first-order valence-corrected chi connectivity index (χ1v) is 9.76. The van der Waals surface area contributed by atoms with E-state index >= 15 is 0 Å². The number of aromatic hydroxyl groups is 2. The Morgan fingerprint density at radius 3 is 2.50 bits per heavy atom. The number of primary amides is 1. The first-order chi connectivity index (χ1) is 14.2. The lowest BCUT2D eigenvalue weighted by molar-refractivity contribution is -0.122. The molecule has 0 unspecified atom stereocenters. The van der Waals surface area contributed by atoms with Gasteiger partial charge in [-0.25, -0.2) is 0 Å². The van der Waals surface area contributed by atoms with E-state index in [0.717, 1.165) is 5.56 Å². The van der Waals surface area contributed by atoms with E-state index in [9.17, 15) is 24.6 Å². The minimum absolute atomic E-state index is 0.00927. The molecule has 0 spiro atoms. The Kier molecular flexibility index (Phi) is 5.96. The van der Waals surface area contributed by atoms with E-state index in [1.54, 1.807) is 23.1 Å². The number of carbonyl (C=O) groups is 3. The van der Waals surface area contributed by atoms with E-state index in [1.807, 2.05) is 13.8 Å². The summed E-state index contributed by atoms with van der Waals surface area (Å²) in [6.07, 6.45) is 0.588. The molecule has 0 fully saturated rings. The van der Waals surface area contributed by atoms with Crippen LogP contribution in [0, 0.1) is 0 Å². The zero-order valence-electron chi connectivity index (χ0n) is 16.9. The highest BCUT2D eigenvalue weighted by atomic mass is 16.3. The Bertz CT molecular complexity index is 1020. The Labute approximate surface area is 174 Å². The van der Waals surface area contributed by atoms with Gasteiger partial charge < -0.3 is 26.2 Å². The second-order valence-corrected chi connectivity index (χ2v) is 7.65. The molecule has 3 rings (SSSR count). The van der Waals surface area contributed by atoms with Gasteiger partial charge in [-0.3, -0.25) is 14.4 Å². The van der Waals surface area contributed by atoms with Crippen LogP contribution in [-0.4, -0.2) is 34.5 Å². The maximum absolute atomic E-state index is 13.1. The minimum atomic E-state index is -0.536. The molecule has 8 nitrogen and oxygen atoms in total. The lowest BCUT2D eigenvalue weighted by Crippen LogP contribution is -2.29. The Balaban J connectivity index is 1.80. The van der Waals surface area contributed by atoms with Crippen molar-refractivity contribution in [2.45, 2.75) is 39.0 Å². The fraction of sp³-hybridized carbons (Fsp3) is 0.318. The standard InChI is InChI=1S/C22H25N3O5/c1-12(2)15-10-16(19(27)11-18(15)26)22(30)25-8-7-13-9-14(3-4-17(13)25)24-21(29)6-5-20(23)28/h3-4,9-12,26-27H,5-8H2,1-2H3,(H2,23,28)(H,24,29). The van der Waals surface area contributed by atoms with Crippen LogP contribution in [0.5, 0.6) is 11.5 Å². The molecule has 5 N–H and O–H groups in total. The molecule has 1 aliphatic heterocycles. The first kappa shape index (κ1) is 21.2. The van der Waals surface area contributed by atoms with Gasteiger partial charge in [0.2, 0.25) is 11.8 Å². The molecule has 0 radical (unpaired) electrons. The number of hydrogen-bond donors (Lipinski definition) is 4. The fourth-order valence-corrected chi connectivity index (χ4v) is 3.52. The Morgan fingerprint density at radius 1 is 1.10 bits per heavy atom. The third-order valence-electron chi connectivity index (χ3n) is 5.10. The minimum Gasteiger partial charge on any atom is -0.508 e. The first-order valence-electron chi connectivity index (χ1n) is 9.76. The number of anilines is 2. The third-order valence-corrected chi connectivity index (χ3v) is 5.10. The molecule has 8 heteroatoms. The number of nitrogens with one attached hydrogen (secondary N) is 1. The van der Waals surface area contributed by atoms with Crippen LogP contribution in [0.25, 0.3) is 0 Å². The van der Waals surface area contributed by atoms with Gasteiger partial charge in [-0.1, -0.05) is 13.8 Å². The summed E-state index contributed by atoms with van der Waals surface area (Å²) >= 11 is 0. The number of nitrogens with zero attached hydrogens (tertiary/aromatic N) is 1. The van der Waals surface area contributed by atoms with Crippen LogP contribution < -0.4 is 16.0 Å². The number of phenolic OH excluding ortho intramolecular Hbond substituents is 2. The van der Waals surface area contributed by atoms with Crippen molar-refractivity contribution in [3.8, 4) is 11.5 Å². The topological polar surface area (TPSA) is 133 Å². The molecular weight excluding hydrogens is 386 g/mol. The van der Waals surface area contributed by atoms with E-state index in [1.165, 1.54) is 12.1 Å². The quantitative estimate of drug-likeness (QED) is 0.580. The predicted octanol–water partition coefficient (Wildman–Crippen LogP) is 2.63. The molecule has 0 bridgehead atoms. The second-order valence-electron chi connectivity index (χ2n) is 7.65. The van der Waals surface area contributed by atoms with E-state index < -0.39 is 5.91 Å². The number of fused-ring (bicyclic) bond motifs is 1. The van der Waals surface area contributed by atoms with Gasteiger partial charge in [-0.05, 0) is 47.7 Å². The molecule has 0 atom stereocenters. The molecular formula is C22H25N3O5. The summed E-state index contributed by atoms with van der Waals surface area (Å²) in [5, 5.41) is 23.0. The van der Waals surface area contributed by atoms with Gasteiger partial charge in [0.25, 0.3) is 5.91 Å². The highest BCUT2D eigenvalue weighted by molar-refractivity contribution is 6.09. The van der Waals surface area contributed by atoms with E-state index in [4.69, 9.17) is 5.73 Å². The van der Waals surface area contributed by atoms with Crippen molar-refractivity contribution in [3.05, 3.63) is 47.0 Å². The number of benzene rings is 2. The van der Waals surface area contributed by atoms with Crippen molar-refractivity contribution in [2.75, 3.05) is 16.8 Å². The number of phenols is 2. The Morgan fingerprint density at radius 2 is 1.83 bits per heavy atom. The largest absolute Gasteiger partial charge is 0.508 e. The molecule has 30 heavy (non-hydrogen) atoms. The molecule has 0 saturated heterocycles. The monoisotopic (exact) mass is 411 g/mol. The van der Waals surface area contributed by atoms with Gasteiger partial charge >= 0.3 is 0 Å². The summed E-state index contributed by atoms with van der Waals surface area (Å²) in [4.78, 5) is 37.4. The van der Waals surface area contributed by atoms with Crippen LogP contribution in [0.2, 0.25) is 0 Å². The van der Waals surface area contributed by atoms with Crippen LogP contribution in [0.4, 0.5) is 11.4 Å². The summed E-state index contributed by atoms with van der Waals surface area (Å²) < 4.78 is 0. The second kappa shape index (κ2) is 8.44. The highest BCUT2D eigenvalue weighted by Gasteiger charge is 2.28. The number of carbonyl (C=O) groups excluding carboxylic acids is 3. The van der Waals surface area contributed by atoms with E-state index in [0.29, 0.717) is 29.9 Å². The molecule has 1 aliphatic rings. The predicted molar refractivity (Wildman–Crippen MR) is 113 cm³/mol. The average Bonchev–Trinajstić information content (AvgIpc) is 3.09. The van der Waals surface area contributed by atoms with Crippen molar-refractivity contribution >= 4 is 29.1 Å².